The van der Waals surface area contributed by atoms with Gasteiger partial charge in [0.1, 0.15) is 4.91 Å². The number of aliphatic hydroxyl groups excluding tert-OH is 1. The zero-order chi connectivity index (χ0) is 23.6. The molecule has 0 bridgehead atoms. The van der Waals surface area contributed by atoms with Gasteiger partial charge in [-0.3, -0.25) is 4.79 Å². The third-order valence-electron chi connectivity index (χ3n) is 5.44. The first-order valence-corrected chi connectivity index (χ1v) is 11.6. The van der Waals surface area contributed by atoms with Crippen LogP contribution < -0.4 is 0 Å². The van der Waals surface area contributed by atoms with Crippen molar-refractivity contribution >= 4 is 21.7 Å². The van der Waals surface area contributed by atoms with E-state index in [2.05, 4.69) is 0 Å². The van der Waals surface area contributed by atoms with E-state index in [1.165, 1.54) is 36.3 Å². The van der Waals surface area contributed by atoms with Gasteiger partial charge in [-0.05, 0) is 35.4 Å². The van der Waals surface area contributed by atoms with Gasteiger partial charge in [0.05, 0.1) is 23.6 Å². The first kappa shape index (κ1) is 22.3. The predicted octanol–water partition coefficient (Wildman–Crippen LogP) is 3.80. The number of hydrogen-bond acceptors (Lipinski definition) is 6. The van der Waals surface area contributed by atoms with Gasteiger partial charge in [0.15, 0.2) is 5.76 Å². The summed E-state index contributed by atoms with van der Waals surface area (Å²) in [5, 5.41) is 10.8. The summed E-state index contributed by atoms with van der Waals surface area (Å²) >= 11 is 0. The van der Waals surface area contributed by atoms with Gasteiger partial charge >= 0.3 is 5.97 Å². The molecule has 0 radical (unpaired) electrons. The minimum atomic E-state index is -4.20. The molecule has 1 unspecified atom stereocenters. The van der Waals surface area contributed by atoms with Gasteiger partial charge in [-0.1, -0.05) is 60.7 Å². The van der Waals surface area contributed by atoms with Crippen LogP contribution in [0.2, 0.25) is 0 Å². The molecule has 3 aromatic rings. The van der Waals surface area contributed by atoms with E-state index in [1.807, 2.05) is 30.3 Å². The third-order valence-corrected chi connectivity index (χ3v) is 7.33. The lowest BCUT2D eigenvalue weighted by molar-refractivity contribution is -0.130. The van der Waals surface area contributed by atoms with Gasteiger partial charge in [-0.25, -0.2) is 13.2 Å². The smallest absolute Gasteiger partial charge is 0.337 e. The Labute approximate surface area is 191 Å². The lowest BCUT2D eigenvalue weighted by atomic mass is 10.0. The van der Waals surface area contributed by atoms with Crippen LogP contribution in [0.25, 0.3) is 0 Å². The normalized spacial score (nSPS) is 16.2. The highest BCUT2D eigenvalue weighted by atomic mass is 32.2. The standard InChI is InChI=1S/C25H21NO6S/c1-32-25(29)19-14-12-18(13-15-19)21-23(33(30,31)20-10-6-3-7-11-20)22(27)24(28)26(21)16-17-8-4-2-5-9-17/h2-15,21,27H,16H2,1H3. The molecule has 168 valence electrons. The van der Waals surface area contributed by atoms with Crippen LogP contribution >= 0.6 is 0 Å². The minimum Gasteiger partial charge on any atom is -0.502 e. The number of rotatable bonds is 6. The lowest BCUT2D eigenvalue weighted by Gasteiger charge is -2.27. The van der Waals surface area contributed by atoms with E-state index in [0.717, 1.165) is 5.56 Å². The van der Waals surface area contributed by atoms with Crippen LogP contribution in [-0.2, 0) is 25.9 Å². The molecule has 0 aromatic heterocycles. The van der Waals surface area contributed by atoms with Crippen molar-refractivity contribution in [1.29, 1.82) is 0 Å². The number of amides is 1. The average Bonchev–Trinajstić information content (AvgIpc) is 3.10. The second kappa shape index (κ2) is 8.91. The summed E-state index contributed by atoms with van der Waals surface area (Å²) in [6.07, 6.45) is 0. The van der Waals surface area contributed by atoms with Gasteiger partial charge in [-0.15, -0.1) is 0 Å². The molecule has 4 rings (SSSR count). The molecule has 1 atom stereocenters. The van der Waals surface area contributed by atoms with Crippen molar-refractivity contribution in [3.05, 3.63) is 112 Å². The molecule has 1 aliphatic rings. The molecule has 0 saturated heterocycles. The summed E-state index contributed by atoms with van der Waals surface area (Å²) in [4.78, 5) is 25.8. The molecular weight excluding hydrogens is 442 g/mol. The lowest BCUT2D eigenvalue weighted by Crippen LogP contribution is -2.30. The molecule has 0 saturated carbocycles. The largest absolute Gasteiger partial charge is 0.502 e. The van der Waals surface area contributed by atoms with E-state index in [0.29, 0.717) is 5.56 Å². The topological polar surface area (TPSA) is 101 Å². The van der Waals surface area contributed by atoms with Gasteiger partial charge in [0.25, 0.3) is 5.91 Å². The highest BCUT2D eigenvalue weighted by Gasteiger charge is 2.46. The third kappa shape index (κ3) is 4.12. The highest BCUT2D eigenvalue weighted by Crippen LogP contribution is 2.43. The van der Waals surface area contributed by atoms with Crippen molar-refractivity contribution in [3.8, 4) is 0 Å². The fourth-order valence-corrected chi connectivity index (χ4v) is 5.49. The summed E-state index contributed by atoms with van der Waals surface area (Å²) in [6.45, 7) is 0.0843. The summed E-state index contributed by atoms with van der Waals surface area (Å²) in [7, 11) is -2.94. The van der Waals surface area contributed by atoms with E-state index >= 15 is 0 Å². The summed E-state index contributed by atoms with van der Waals surface area (Å²) in [5.74, 6) is -2.13. The highest BCUT2D eigenvalue weighted by molar-refractivity contribution is 7.95. The summed E-state index contributed by atoms with van der Waals surface area (Å²) in [6, 6.07) is 21.8. The Morgan fingerprint density at radius 1 is 0.939 bits per heavy atom. The van der Waals surface area contributed by atoms with Crippen molar-refractivity contribution < 1.29 is 27.9 Å². The summed E-state index contributed by atoms with van der Waals surface area (Å²) in [5.41, 5.74) is 1.49. The van der Waals surface area contributed by atoms with Gasteiger partial charge in [0, 0.05) is 6.54 Å². The number of methoxy groups -OCH3 is 1. The molecule has 1 amide bonds. The van der Waals surface area contributed by atoms with E-state index in [9.17, 15) is 23.1 Å². The molecule has 1 heterocycles. The van der Waals surface area contributed by atoms with Crippen molar-refractivity contribution in [2.24, 2.45) is 0 Å². The number of sulfone groups is 1. The molecule has 7 nitrogen and oxygen atoms in total. The minimum absolute atomic E-state index is 0.0305. The fourth-order valence-electron chi connectivity index (χ4n) is 3.82. The Hall–Kier alpha value is -3.91. The van der Waals surface area contributed by atoms with E-state index in [-0.39, 0.29) is 21.9 Å². The van der Waals surface area contributed by atoms with Crippen molar-refractivity contribution in [2.75, 3.05) is 7.11 Å². The van der Waals surface area contributed by atoms with Crippen molar-refractivity contribution in [1.82, 2.24) is 4.90 Å². The number of hydrogen-bond donors (Lipinski definition) is 1. The van der Waals surface area contributed by atoms with E-state index in [1.54, 1.807) is 30.3 Å². The number of nitrogens with zero attached hydrogens (tertiary/aromatic N) is 1. The second-order valence-electron chi connectivity index (χ2n) is 7.46. The maximum absolute atomic E-state index is 13.5. The number of ether oxygens (including phenoxy) is 1. The maximum Gasteiger partial charge on any atom is 0.337 e. The Balaban J connectivity index is 1.84. The first-order valence-electron chi connectivity index (χ1n) is 10.1. The van der Waals surface area contributed by atoms with Gasteiger partial charge < -0.3 is 14.7 Å². The number of carbonyl (C=O) groups is 2. The van der Waals surface area contributed by atoms with E-state index < -0.39 is 33.5 Å². The Morgan fingerprint density at radius 2 is 1.52 bits per heavy atom. The van der Waals surface area contributed by atoms with Crippen LogP contribution in [0.5, 0.6) is 0 Å². The Morgan fingerprint density at radius 3 is 2.09 bits per heavy atom. The molecule has 33 heavy (non-hydrogen) atoms. The molecule has 0 aliphatic carbocycles. The monoisotopic (exact) mass is 463 g/mol. The molecule has 3 aromatic carbocycles. The van der Waals surface area contributed by atoms with Gasteiger partial charge in [-0.2, -0.15) is 0 Å². The number of aliphatic hydroxyl groups is 1. The number of benzene rings is 3. The van der Waals surface area contributed by atoms with Crippen LogP contribution in [-0.4, -0.2) is 37.4 Å². The van der Waals surface area contributed by atoms with Crippen molar-refractivity contribution in [3.63, 3.8) is 0 Å². The quantitative estimate of drug-likeness (QED) is 0.558. The second-order valence-corrected chi connectivity index (χ2v) is 9.38. The number of esters is 1. The zero-order valence-electron chi connectivity index (χ0n) is 17.7. The maximum atomic E-state index is 13.5. The molecule has 1 aliphatic heterocycles. The Bertz CT molecular complexity index is 1320. The SMILES string of the molecule is COC(=O)c1ccc(C2C(S(=O)(=O)c3ccccc3)=C(O)C(=O)N2Cc2ccccc2)cc1. The molecule has 0 spiro atoms. The van der Waals surface area contributed by atoms with Crippen LogP contribution in [0, 0.1) is 0 Å². The van der Waals surface area contributed by atoms with Crippen LogP contribution in [0.1, 0.15) is 27.5 Å². The first-order chi connectivity index (χ1) is 15.8. The van der Waals surface area contributed by atoms with Crippen LogP contribution in [0.4, 0.5) is 0 Å². The zero-order valence-corrected chi connectivity index (χ0v) is 18.5. The molecule has 0 fully saturated rings. The number of carbonyl (C=O) groups excluding carboxylic acids is 2. The van der Waals surface area contributed by atoms with Crippen LogP contribution in [0.3, 0.4) is 0 Å². The summed E-state index contributed by atoms with van der Waals surface area (Å²) < 4.78 is 31.8. The predicted molar refractivity (Wildman–Crippen MR) is 121 cm³/mol. The van der Waals surface area contributed by atoms with Crippen molar-refractivity contribution in [2.45, 2.75) is 17.5 Å². The average molecular weight is 464 g/mol. The van der Waals surface area contributed by atoms with Gasteiger partial charge in [0.2, 0.25) is 9.84 Å². The molecule has 8 heteroatoms. The van der Waals surface area contributed by atoms with E-state index in [4.69, 9.17) is 4.74 Å². The molecular formula is C25H21NO6S. The fraction of sp³-hybridized carbons (Fsp3) is 0.120. The Kier molecular flexibility index (Phi) is 6.02. The molecule has 1 N–H and O–H groups in total. The van der Waals surface area contributed by atoms with Crippen LogP contribution in [0.15, 0.2) is 100 Å².